The van der Waals surface area contributed by atoms with E-state index in [0.29, 0.717) is 6.54 Å². The molecule has 1 aromatic carbocycles. The highest BCUT2D eigenvalue weighted by atomic mass is 19.4. The van der Waals surface area contributed by atoms with Crippen molar-refractivity contribution in [1.82, 2.24) is 9.80 Å². The van der Waals surface area contributed by atoms with Gasteiger partial charge in [0.25, 0.3) is 5.91 Å². The van der Waals surface area contributed by atoms with Crippen LogP contribution in [-0.4, -0.2) is 48.3 Å². The number of likely N-dealkylation sites (N-methyl/N-ethyl adjacent to an activating group) is 1. The lowest BCUT2D eigenvalue weighted by Gasteiger charge is -2.32. The maximum Gasteiger partial charge on any atom is 0.418 e. The molecule has 0 unspecified atom stereocenters. The monoisotopic (exact) mass is 301 g/mol. The summed E-state index contributed by atoms with van der Waals surface area (Å²) in [7, 11) is 1.60. The summed E-state index contributed by atoms with van der Waals surface area (Å²) >= 11 is 0. The van der Waals surface area contributed by atoms with Crippen molar-refractivity contribution >= 4 is 17.5 Å². The van der Waals surface area contributed by atoms with Crippen molar-refractivity contribution in [2.75, 3.05) is 32.4 Å². The first-order valence-corrected chi connectivity index (χ1v) is 6.20. The predicted molar refractivity (Wildman–Crippen MR) is 69.4 cm³/mol. The first kappa shape index (κ1) is 15.1. The van der Waals surface area contributed by atoms with Gasteiger partial charge in [-0.1, -0.05) is 6.07 Å². The Kier molecular flexibility index (Phi) is 3.80. The molecule has 2 amide bonds. The van der Waals surface area contributed by atoms with Gasteiger partial charge in [0.2, 0.25) is 5.91 Å². The number of nitrogens with zero attached hydrogens (tertiary/aromatic N) is 2. The minimum Gasteiger partial charge on any atom is -0.398 e. The number of hydrogen-bond acceptors (Lipinski definition) is 3. The fourth-order valence-corrected chi connectivity index (χ4v) is 2.10. The third-order valence-electron chi connectivity index (χ3n) is 3.39. The number of carbonyl (C=O) groups is 2. The lowest BCUT2D eigenvalue weighted by Crippen LogP contribution is -2.50. The standard InChI is InChI=1S/C13H14F3N3O2/c1-18-5-6-19(7-10(18)20)12(21)8-3-2-4-9(11(8)17)13(14,15)16/h2-4H,5-7,17H2,1H3. The van der Waals surface area contributed by atoms with Crippen molar-refractivity contribution in [1.29, 1.82) is 0 Å². The van der Waals surface area contributed by atoms with Gasteiger partial charge in [-0.15, -0.1) is 0 Å². The second-order valence-electron chi connectivity index (χ2n) is 4.81. The van der Waals surface area contributed by atoms with Crippen LogP contribution >= 0.6 is 0 Å². The molecule has 0 atom stereocenters. The quantitative estimate of drug-likeness (QED) is 0.793. The molecule has 0 aliphatic carbocycles. The number of amides is 2. The van der Waals surface area contributed by atoms with Crippen LogP contribution < -0.4 is 5.73 Å². The molecule has 1 aromatic rings. The van der Waals surface area contributed by atoms with E-state index < -0.39 is 23.3 Å². The predicted octanol–water partition coefficient (Wildman–Crippen LogP) is 1.20. The summed E-state index contributed by atoms with van der Waals surface area (Å²) in [6.07, 6.45) is -4.63. The van der Waals surface area contributed by atoms with E-state index in [4.69, 9.17) is 5.73 Å². The van der Waals surface area contributed by atoms with Crippen LogP contribution in [0.1, 0.15) is 15.9 Å². The highest BCUT2D eigenvalue weighted by molar-refractivity contribution is 6.01. The van der Waals surface area contributed by atoms with Crippen molar-refractivity contribution in [3.63, 3.8) is 0 Å². The van der Waals surface area contributed by atoms with Gasteiger partial charge in [-0.25, -0.2) is 0 Å². The number of anilines is 1. The van der Waals surface area contributed by atoms with Crippen LogP contribution in [0.5, 0.6) is 0 Å². The van der Waals surface area contributed by atoms with Gasteiger partial charge < -0.3 is 15.5 Å². The number of halogens is 3. The van der Waals surface area contributed by atoms with Gasteiger partial charge in [0.1, 0.15) is 6.54 Å². The molecule has 0 radical (unpaired) electrons. The number of nitrogens with two attached hydrogens (primary N) is 1. The van der Waals surface area contributed by atoms with Crippen LogP contribution in [-0.2, 0) is 11.0 Å². The first-order valence-electron chi connectivity index (χ1n) is 6.20. The van der Waals surface area contributed by atoms with Gasteiger partial charge >= 0.3 is 6.18 Å². The Labute approximate surface area is 119 Å². The van der Waals surface area contributed by atoms with Crippen LogP contribution in [0, 0.1) is 0 Å². The van der Waals surface area contributed by atoms with Crippen molar-refractivity contribution in [2.45, 2.75) is 6.18 Å². The molecule has 1 aliphatic rings. The molecule has 0 saturated carbocycles. The molecule has 2 rings (SSSR count). The molecule has 5 nitrogen and oxygen atoms in total. The summed E-state index contributed by atoms with van der Waals surface area (Å²) < 4.78 is 38.3. The van der Waals surface area contributed by atoms with Crippen molar-refractivity contribution < 1.29 is 22.8 Å². The number of alkyl halides is 3. The van der Waals surface area contributed by atoms with E-state index in [2.05, 4.69) is 0 Å². The molecule has 114 valence electrons. The van der Waals surface area contributed by atoms with E-state index in [1.165, 1.54) is 15.9 Å². The van der Waals surface area contributed by atoms with Crippen LogP contribution in [0.15, 0.2) is 18.2 Å². The molecule has 1 saturated heterocycles. The Hall–Kier alpha value is -2.25. The van der Waals surface area contributed by atoms with E-state index in [9.17, 15) is 22.8 Å². The van der Waals surface area contributed by atoms with Gasteiger partial charge in [-0.05, 0) is 12.1 Å². The smallest absolute Gasteiger partial charge is 0.398 e. The number of carbonyl (C=O) groups excluding carboxylic acids is 2. The molecule has 1 aliphatic heterocycles. The maximum absolute atomic E-state index is 12.8. The summed E-state index contributed by atoms with van der Waals surface area (Å²) in [5, 5.41) is 0. The normalized spacial score (nSPS) is 16.3. The summed E-state index contributed by atoms with van der Waals surface area (Å²) in [4.78, 5) is 26.5. The number of para-hydroxylation sites is 1. The maximum atomic E-state index is 12.8. The zero-order chi connectivity index (χ0) is 15.8. The average molecular weight is 301 g/mol. The fraction of sp³-hybridized carbons (Fsp3) is 0.385. The van der Waals surface area contributed by atoms with Crippen molar-refractivity contribution in [3.05, 3.63) is 29.3 Å². The number of rotatable bonds is 1. The second-order valence-corrected chi connectivity index (χ2v) is 4.81. The van der Waals surface area contributed by atoms with Crippen molar-refractivity contribution in [3.8, 4) is 0 Å². The molecule has 0 bridgehead atoms. The van der Waals surface area contributed by atoms with Crippen LogP contribution in [0.25, 0.3) is 0 Å². The van der Waals surface area contributed by atoms with E-state index in [1.54, 1.807) is 7.05 Å². The fourth-order valence-electron chi connectivity index (χ4n) is 2.10. The highest BCUT2D eigenvalue weighted by Crippen LogP contribution is 2.35. The van der Waals surface area contributed by atoms with E-state index >= 15 is 0 Å². The van der Waals surface area contributed by atoms with Crippen molar-refractivity contribution in [2.24, 2.45) is 0 Å². The molecule has 1 heterocycles. The Morgan fingerprint density at radius 3 is 2.52 bits per heavy atom. The third-order valence-corrected chi connectivity index (χ3v) is 3.39. The van der Waals surface area contributed by atoms with Crippen LogP contribution in [0.3, 0.4) is 0 Å². The Morgan fingerprint density at radius 1 is 1.29 bits per heavy atom. The minimum absolute atomic E-state index is 0.162. The zero-order valence-corrected chi connectivity index (χ0v) is 11.3. The van der Waals surface area contributed by atoms with Gasteiger partial charge in [0.05, 0.1) is 16.8 Å². The first-order chi connectivity index (χ1) is 9.71. The molecular formula is C13H14F3N3O2. The second kappa shape index (κ2) is 5.27. The lowest BCUT2D eigenvalue weighted by atomic mass is 10.1. The van der Waals surface area contributed by atoms with Crippen LogP contribution in [0.4, 0.5) is 18.9 Å². The zero-order valence-electron chi connectivity index (χ0n) is 11.3. The SMILES string of the molecule is CN1CCN(C(=O)c2cccc(C(F)(F)F)c2N)CC1=O. The molecule has 1 fully saturated rings. The molecule has 21 heavy (non-hydrogen) atoms. The van der Waals surface area contributed by atoms with Gasteiger partial charge in [0.15, 0.2) is 0 Å². The number of nitrogen functional groups attached to an aromatic ring is 1. The van der Waals surface area contributed by atoms with E-state index in [1.807, 2.05) is 0 Å². The topological polar surface area (TPSA) is 66.6 Å². The van der Waals surface area contributed by atoms with E-state index in [0.717, 1.165) is 12.1 Å². The third kappa shape index (κ3) is 2.93. The van der Waals surface area contributed by atoms with Gasteiger partial charge in [-0.3, -0.25) is 9.59 Å². The minimum atomic E-state index is -4.63. The summed E-state index contributed by atoms with van der Waals surface area (Å²) in [6.45, 7) is 0.436. The van der Waals surface area contributed by atoms with Gasteiger partial charge in [-0.2, -0.15) is 13.2 Å². The molecule has 8 heteroatoms. The number of piperazine rings is 1. The summed E-state index contributed by atoms with van der Waals surface area (Å²) in [5.74, 6) is -0.930. The molecule has 2 N–H and O–H groups in total. The molecule has 0 aromatic heterocycles. The highest BCUT2D eigenvalue weighted by Gasteiger charge is 2.35. The van der Waals surface area contributed by atoms with Crippen LogP contribution in [0.2, 0.25) is 0 Å². The average Bonchev–Trinajstić information content (AvgIpc) is 2.40. The Bertz CT molecular complexity index is 587. The van der Waals surface area contributed by atoms with Gasteiger partial charge in [0, 0.05) is 20.1 Å². The molecular weight excluding hydrogens is 287 g/mol. The van der Waals surface area contributed by atoms with E-state index in [-0.39, 0.29) is 24.6 Å². The summed E-state index contributed by atoms with van der Waals surface area (Å²) in [5.41, 5.74) is 3.58. The summed E-state index contributed by atoms with van der Waals surface area (Å²) in [6, 6.07) is 3.18. The molecule has 0 spiro atoms. The number of benzene rings is 1. The Balaban J connectivity index is 2.30. The number of hydrogen-bond donors (Lipinski definition) is 1. The largest absolute Gasteiger partial charge is 0.418 e. The Morgan fingerprint density at radius 2 is 1.95 bits per heavy atom. The lowest BCUT2D eigenvalue weighted by molar-refractivity contribution is -0.137.